The molecule has 2 aromatic rings. The Balaban J connectivity index is 1.53. The third kappa shape index (κ3) is 4.06. The standard InChI is InChI=1S/C22H23N3O2S2/c1-15-7-9-28-20(15)6-8-24-13-25-21(26)11-18(19(12-23)22(25)29-14-24)16-4-3-5-17(10-16)27-2/h3-5,7,9-10,18H,6,8,11,13-14H2,1-2H3. The van der Waals surface area contributed by atoms with Crippen molar-refractivity contribution in [2.24, 2.45) is 0 Å². The van der Waals surface area contributed by atoms with E-state index in [4.69, 9.17) is 4.74 Å². The zero-order valence-electron chi connectivity index (χ0n) is 16.6. The van der Waals surface area contributed by atoms with Gasteiger partial charge in [0.25, 0.3) is 0 Å². The van der Waals surface area contributed by atoms with Gasteiger partial charge in [-0.3, -0.25) is 14.6 Å². The Morgan fingerprint density at radius 1 is 1.34 bits per heavy atom. The Morgan fingerprint density at radius 2 is 2.21 bits per heavy atom. The number of benzene rings is 1. The van der Waals surface area contributed by atoms with Crippen LogP contribution in [0.1, 0.15) is 28.3 Å². The van der Waals surface area contributed by atoms with E-state index >= 15 is 0 Å². The van der Waals surface area contributed by atoms with Gasteiger partial charge in [0.1, 0.15) is 5.75 Å². The normalized spacial score (nSPS) is 19.8. The average molecular weight is 426 g/mol. The maximum absolute atomic E-state index is 13.0. The van der Waals surface area contributed by atoms with E-state index in [1.807, 2.05) is 24.3 Å². The molecule has 3 heterocycles. The molecule has 1 saturated heterocycles. The summed E-state index contributed by atoms with van der Waals surface area (Å²) in [6, 6.07) is 12.2. The maximum Gasteiger partial charge on any atom is 0.229 e. The van der Waals surface area contributed by atoms with Crippen LogP contribution in [0.4, 0.5) is 0 Å². The van der Waals surface area contributed by atoms with Gasteiger partial charge in [0.2, 0.25) is 5.91 Å². The van der Waals surface area contributed by atoms with E-state index in [-0.39, 0.29) is 11.8 Å². The molecule has 0 saturated carbocycles. The number of carbonyl (C=O) groups excluding carboxylic acids is 1. The molecular formula is C22H23N3O2S2. The van der Waals surface area contributed by atoms with Crippen molar-refractivity contribution in [2.75, 3.05) is 26.2 Å². The minimum Gasteiger partial charge on any atom is -0.497 e. The number of hydrogen-bond acceptors (Lipinski definition) is 6. The highest BCUT2D eigenvalue weighted by atomic mass is 32.2. The number of thioether (sulfide) groups is 1. The third-order valence-corrected chi connectivity index (χ3v) is 7.76. The van der Waals surface area contributed by atoms with Crippen LogP contribution in [0.5, 0.6) is 5.75 Å². The summed E-state index contributed by atoms with van der Waals surface area (Å²) >= 11 is 3.39. The first-order chi connectivity index (χ1) is 14.1. The molecule has 1 unspecified atom stereocenters. The number of thiophene rings is 1. The lowest BCUT2D eigenvalue weighted by Gasteiger charge is -2.41. The quantitative estimate of drug-likeness (QED) is 0.714. The summed E-state index contributed by atoms with van der Waals surface area (Å²) in [4.78, 5) is 18.5. The lowest BCUT2D eigenvalue weighted by atomic mass is 9.86. The van der Waals surface area contributed by atoms with Crippen LogP contribution in [0.15, 0.2) is 46.3 Å². The Kier molecular flexibility index (Phi) is 5.95. The molecule has 0 N–H and O–H groups in total. The summed E-state index contributed by atoms with van der Waals surface area (Å²) in [5.74, 6) is 1.41. The smallest absolute Gasteiger partial charge is 0.229 e. The zero-order chi connectivity index (χ0) is 20.4. The number of allylic oxidation sites excluding steroid dienone is 1. The lowest BCUT2D eigenvalue weighted by molar-refractivity contribution is -0.131. The molecule has 0 aliphatic carbocycles. The van der Waals surface area contributed by atoms with Crippen molar-refractivity contribution < 1.29 is 9.53 Å². The minimum atomic E-state index is -0.207. The number of ether oxygens (including phenoxy) is 1. The van der Waals surface area contributed by atoms with Crippen molar-refractivity contribution in [1.82, 2.24) is 9.80 Å². The zero-order valence-corrected chi connectivity index (χ0v) is 18.2. The van der Waals surface area contributed by atoms with Gasteiger partial charge in [-0.05, 0) is 48.1 Å². The monoisotopic (exact) mass is 425 g/mol. The Hall–Kier alpha value is -2.27. The number of carbonyl (C=O) groups is 1. The molecule has 1 aromatic heterocycles. The molecule has 2 aliphatic heterocycles. The van der Waals surface area contributed by atoms with Crippen LogP contribution in [-0.4, -0.2) is 41.9 Å². The second kappa shape index (κ2) is 8.62. The van der Waals surface area contributed by atoms with Crippen LogP contribution in [0.3, 0.4) is 0 Å². The van der Waals surface area contributed by atoms with E-state index < -0.39 is 0 Å². The molecule has 0 radical (unpaired) electrons. The highest BCUT2D eigenvalue weighted by Crippen LogP contribution is 2.43. The molecule has 4 rings (SSSR count). The maximum atomic E-state index is 13.0. The third-order valence-electron chi connectivity index (χ3n) is 5.47. The molecule has 0 bridgehead atoms. The van der Waals surface area contributed by atoms with Crippen molar-refractivity contribution in [3.8, 4) is 11.8 Å². The van der Waals surface area contributed by atoms with Crippen molar-refractivity contribution in [3.63, 3.8) is 0 Å². The molecule has 1 amide bonds. The molecule has 150 valence electrons. The van der Waals surface area contributed by atoms with Gasteiger partial charge in [0, 0.05) is 23.8 Å². The van der Waals surface area contributed by atoms with Crippen LogP contribution in [0, 0.1) is 18.3 Å². The first kappa shape index (κ1) is 20.0. The molecule has 1 aromatic carbocycles. The molecule has 1 fully saturated rings. The predicted octanol–water partition coefficient (Wildman–Crippen LogP) is 4.32. The van der Waals surface area contributed by atoms with Crippen molar-refractivity contribution >= 4 is 29.0 Å². The summed E-state index contributed by atoms with van der Waals surface area (Å²) < 4.78 is 5.32. The fourth-order valence-electron chi connectivity index (χ4n) is 3.81. The van der Waals surface area contributed by atoms with Gasteiger partial charge in [-0.25, -0.2) is 0 Å². The van der Waals surface area contributed by atoms with Gasteiger partial charge in [-0.1, -0.05) is 23.9 Å². The van der Waals surface area contributed by atoms with Crippen LogP contribution >= 0.6 is 23.1 Å². The summed E-state index contributed by atoms with van der Waals surface area (Å²) in [6.45, 7) is 3.61. The van der Waals surface area contributed by atoms with Crippen molar-refractivity contribution in [1.29, 1.82) is 5.26 Å². The average Bonchev–Trinajstić information content (AvgIpc) is 3.17. The first-order valence-corrected chi connectivity index (χ1v) is 11.4. The fourth-order valence-corrected chi connectivity index (χ4v) is 5.88. The molecular weight excluding hydrogens is 402 g/mol. The SMILES string of the molecule is COc1cccc(C2CC(=O)N3CN(CCc4sccc4C)CSC3=C2C#N)c1. The van der Waals surface area contributed by atoms with E-state index in [0.29, 0.717) is 18.7 Å². The van der Waals surface area contributed by atoms with Crippen LogP contribution < -0.4 is 4.74 Å². The first-order valence-electron chi connectivity index (χ1n) is 9.57. The van der Waals surface area contributed by atoms with Crippen LogP contribution in [-0.2, 0) is 11.2 Å². The van der Waals surface area contributed by atoms with Gasteiger partial charge in [-0.2, -0.15) is 5.26 Å². The van der Waals surface area contributed by atoms with E-state index in [0.717, 1.165) is 35.2 Å². The summed E-state index contributed by atoms with van der Waals surface area (Å²) in [6.07, 6.45) is 1.31. The van der Waals surface area contributed by atoms with Gasteiger partial charge in [-0.15, -0.1) is 11.3 Å². The second-order valence-corrected chi connectivity index (χ2v) is 9.21. The molecule has 7 heteroatoms. The van der Waals surface area contributed by atoms with Crippen molar-refractivity contribution in [2.45, 2.75) is 25.7 Å². The Labute approximate surface area is 179 Å². The predicted molar refractivity (Wildman–Crippen MR) is 117 cm³/mol. The van der Waals surface area contributed by atoms with Gasteiger partial charge in [0.15, 0.2) is 0 Å². The van der Waals surface area contributed by atoms with Gasteiger partial charge < -0.3 is 4.74 Å². The topological polar surface area (TPSA) is 56.6 Å². The van der Waals surface area contributed by atoms with E-state index in [1.165, 1.54) is 10.4 Å². The summed E-state index contributed by atoms with van der Waals surface area (Å²) in [5.41, 5.74) is 2.98. The highest BCUT2D eigenvalue weighted by molar-refractivity contribution is 8.03. The number of fused-ring (bicyclic) bond motifs is 1. The molecule has 5 nitrogen and oxygen atoms in total. The van der Waals surface area contributed by atoms with E-state index in [2.05, 4.69) is 29.3 Å². The summed E-state index contributed by atoms with van der Waals surface area (Å²) in [7, 11) is 1.62. The minimum absolute atomic E-state index is 0.0799. The fraction of sp³-hybridized carbons (Fsp3) is 0.364. The molecule has 0 spiro atoms. The van der Waals surface area contributed by atoms with Crippen molar-refractivity contribution in [3.05, 3.63) is 62.3 Å². The number of hydrogen-bond donors (Lipinski definition) is 0. The highest BCUT2D eigenvalue weighted by Gasteiger charge is 2.38. The Bertz CT molecular complexity index is 992. The number of rotatable bonds is 5. The number of amides is 1. The van der Waals surface area contributed by atoms with Crippen LogP contribution in [0.25, 0.3) is 0 Å². The lowest BCUT2D eigenvalue weighted by Crippen LogP contribution is -2.47. The largest absolute Gasteiger partial charge is 0.497 e. The van der Waals surface area contributed by atoms with Crippen LogP contribution in [0.2, 0.25) is 0 Å². The van der Waals surface area contributed by atoms with E-state index in [9.17, 15) is 10.1 Å². The van der Waals surface area contributed by atoms with Gasteiger partial charge in [0.05, 0.1) is 36.3 Å². The number of nitriles is 1. The second-order valence-electron chi connectivity index (χ2n) is 7.27. The van der Waals surface area contributed by atoms with Gasteiger partial charge >= 0.3 is 0 Å². The Morgan fingerprint density at radius 3 is 2.93 bits per heavy atom. The number of aryl methyl sites for hydroxylation is 1. The number of methoxy groups -OCH3 is 1. The molecule has 2 aliphatic rings. The molecule has 1 atom stereocenters. The number of nitrogens with zero attached hydrogens (tertiary/aromatic N) is 3. The molecule has 29 heavy (non-hydrogen) atoms. The van der Waals surface area contributed by atoms with E-state index in [1.54, 1.807) is 35.1 Å². The summed E-state index contributed by atoms with van der Waals surface area (Å²) in [5, 5.41) is 12.8.